The molecule has 0 aliphatic heterocycles. The lowest BCUT2D eigenvalue weighted by Crippen LogP contribution is -2.25. The van der Waals surface area contributed by atoms with Gasteiger partial charge in [-0.05, 0) is 18.2 Å². The number of benzene rings is 2. The molecule has 0 bridgehead atoms. The van der Waals surface area contributed by atoms with Crippen molar-refractivity contribution in [3.63, 3.8) is 0 Å². The largest absolute Gasteiger partial charge is 0.289 e. The van der Waals surface area contributed by atoms with Crippen LogP contribution in [0.5, 0.6) is 0 Å². The summed E-state index contributed by atoms with van der Waals surface area (Å²) < 4.78 is 13.4. The molecule has 118 valence electrons. The fourth-order valence-corrected chi connectivity index (χ4v) is 4.32. The van der Waals surface area contributed by atoms with Crippen molar-refractivity contribution in [3.05, 3.63) is 77.9 Å². The number of ketones is 1. The highest BCUT2D eigenvalue weighted by molar-refractivity contribution is 8.03. The van der Waals surface area contributed by atoms with Crippen LogP contribution in [0.25, 0.3) is 0 Å². The number of carbonyl (C=O) groups is 1. The smallest absolute Gasteiger partial charge is 0.212 e. The molecule has 0 radical (unpaired) electrons. The summed E-state index contributed by atoms with van der Waals surface area (Å²) in [6.45, 7) is 0. The van der Waals surface area contributed by atoms with Crippen molar-refractivity contribution < 1.29 is 9.00 Å². The van der Waals surface area contributed by atoms with Crippen molar-refractivity contribution in [2.75, 3.05) is 11.5 Å². The topological polar surface area (TPSA) is 81.7 Å². The third-order valence-corrected chi connectivity index (χ3v) is 6.00. The van der Waals surface area contributed by atoms with Crippen molar-refractivity contribution in [3.8, 4) is 12.1 Å². The Balaban J connectivity index is 2.36. The van der Waals surface area contributed by atoms with Gasteiger partial charge >= 0.3 is 0 Å². The quantitative estimate of drug-likeness (QED) is 0.460. The highest BCUT2D eigenvalue weighted by Gasteiger charge is 2.34. The summed E-state index contributed by atoms with van der Waals surface area (Å²) in [5.41, 5.74) is 0.386. The van der Waals surface area contributed by atoms with E-state index in [1.807, 2.05) is 0 Å². The zero-order valence-corrected chi connectivity index (χ0v) is 13.7. The molecule has 0 fully saturated rings. The van der Waals surface area contributed by atoms with E-state index in [0.29, 0.717) is 10.5 Å². The molecular formula is C19H15N2O2S+. The summed E-state index contributed by atoms with van der Waals surface area (Å²) in [7, 11) is -2.76. The van der Waals surface area contributed by atoms with Crippen LogP contribution in [0.3, 0.4) is 0 Å². The number of Topliss-reactive ketones (excluding diaryl/α,β-unsaturated/α-hetero) is 1. The maximum Gasteiger partial charge on any atom is 0.212 e. The van der Waals surface area contributed by atoms with Crippen LogP contribution >= 0.6 is 0 Å². The number of hydrogen-bond acceptors (Lipinski definition) is 4. The van der Waals surface area contributed by atoms with E-state index in [4.69, 9.17) is 10.5 Å². The van der Waals surface area contributed by atoms with Gasteiger partial charge in [0.05, 0.1) is 0 Å². The van der Waals surface area contributed by atoms with E-state index in [0.717, 1.165) is 0 Å². The number of nitriles is 2. The molecule has 2 aromatic carbocycles. The second-order valence-electron chi connectivity index (χ2n) is 5.07. The standard InChI is InChI=1S/C19H15N2O2S/c20-13-16(14-21)11-12-24(23,18-9-5-2-6-10-18)15-19(22)17-7-3-1-4-8-17/h1-11H,12,15H2/q+1. The monoisotopic (exact) mass is 335 g/mol. The molecule has 1 atom stereocenters. The molecular weight excluding hydrogens is 320 g/mol. The molecule has 2 aromatic rings. The highest BCUT2D eigenvalue weighted by Crippen LogP contribution is 2.22. The first kappa shape index (κ1) is 17.3. The Labute approximate surface area is 142 Å². The minimum absolute atomic E-state index is 0.0218. The van der Waals surface area contributed by atoms with Crippen molar-refractivity contribution in [2.24, 2.45) is 0 Å². The molecule has 0 amide bonds. The van der Waals surface area contributed by atoms with E-state index in [1.165, 1.54) is 6.08 Å². The number of carbonyl (C=O) groups excluding carboxylic acids is 1. The van der Waals surface area contributed by atoms with Gasteiger partial charge in [-0.3, -0.25) is 4.79 Å². The molecule has 0 saturated heterocycles. The van der Waals surface area contributed by atoms with E-state index < -0.39 is 9.93 Å². The summed E-state index contributed by atoms with van der Waals surface area (Å²) in [6.07, 6.45) is 1.34. The average molecular weight is 335 g/mol. The Bertz CT molecular complexity index is 859. The Hall–Kier alpha value is -3.02. The molecule has 1 unspecified atom stereocenters. The SMILES string of the molecule is N#CC(C#N)=CC[S+](=O)(CC(=O)c1ccccc1)c1ccccc1. The first-order chi connectivity index (χ1) is 11.6. The molecule has 0 saturated carbocycles. The Kier molecular flexibility index (Phi) is 5.78. The fourth-order valence-electron chi connectivity index (χ4n) is 2.16. The van der Waals surface area contributed by atoms with Crippen LogP contribution in [-0.2, 0) is 14.1 Å². The summed E-state index contributed by atoms with van der Waals surface area (Å²) in [5.74, 6) is -0.415. The van der Waals surface area contributed by atoms with E-state index in [9.17, 15) is 9.00 Å². The summed E-state index contributed by atoms with van der Waals surface area (Å²) >= 11 is 0. The zero-order valence-electron chi connectivity index (χ0n) is 12.9. The molecule has 4 nitrogen and oxygen atoms in total. The van der Waals surface area contributed by atoms with Gasteiger partial charge in [-0.2, -0.15) is 10.5 Å². The van der Waals surface area contributed by atoms with Gasteiger partial charge in [-0.25, -0.2) is 0 Å². The van der Waals surface area contributed by atoms with Crippen LogP contribution in [0.1, 0.15) is 10.4 Å². The molecule has 5 heteroatoms. The first-order valence-corrected chi connectivity index (χ1v) is 9.12. The van der Waals surface area contributed by atoms with Crippen LogP contribution in [0.4, 0.5) is 0 Å². The lowest BCUT2D eigenvalue weighted by Gasteiger charge is -2.10. The van der Waals surface area contributed by atoms with Gasteiger partial charge in [-0.15, -0.1) is 0 Å². The molecule has 24 heavy (non-hydrogen) atoms. The van der Waals surface area contributed by atoms with Gasteiger partial charge in [0, 0.05) is 5.56 Å². The third kappa shape index (κ3) is 4.25. The maximum atomic E-state index is 13.4. The minimum atomic E-state index is -2.76. The number of allylic oxidation sites excluding steroid dienone is 1. The van der Waals surface area contributed by atoms with Crippen LogP contribution in [0.15, 0.2) is 77.2 Å². The summed E-state index contributed by atoms with van der Waals surface area (Å²) in [4.78, 5) is 13.0. The predicted octanol–water partition coefficient (Wildman–Crippen LogP) is 3.40. The molecule has 0 aliphatic carbocycles. The van der Waals surface area contributed by atoms with Gasteiger partial charge in [0.15, 0.2) is 10.6 Å². The number of rotatable bonds is 6. The van der Waals surface area contributed by atoms with Crippen LogP contribution in [0.2, 0.25) is 0 Å². The predicted molar refractivity (Wildman–Crippen MR) is 92.6 cm³/mol. The lowest BCUT2D eigenvalue weighted by molar-refractivity contribution is 0.102. The molecule has 0 spiro atoms. The zero-order chi connectivity index (χ0) is 17.4. The van der Waals surface area contributed by atoms with Crippen molar-refractivity contribution >= 4 is 15.7 Å². The van der Waals surface area contributed by atoms with Gasteiger partial charge in [0.25, 0.3) is 0 Å². The van der Waals surface area contributed by atoms with E-state index in [2.05, 4.69) is 0 Å². The normalized spacial score (nSPS) is 12.2. The average Bonchev–Trinajstić information content (AvgIpc) is 2.64. The second-order valence-corrected chi connectivity index (χ2v) is 7.78. The number of hydrogen-bond donors (Lipinski definition) is 0. The molecule has 0 aromatic heterocycles. The molecule has 0 heterocycles. The molecule has 2 rings (SSSR count). The summed E-state index contributed by atoms with van der Waals surface area (Å²) in [6, 6.07) is 20.9. The third-order valence-electron chi connectivity index (χ3n) is 3.43. The van der Waals surface area contributed by atoms with Crippen LogP contribution in [-0.4, -0.2) is 17.3 Å². The molecule has 0 N–H and O–H groups in total. The Morgan fingerprint density at radius 3 is 2.04 bits per heavy atom. The van der Waals surface area contributed by atoms with Crippen LogP contribution < -0.4 is 0 Å². The minimum Gasteiger partial charge on any atom is -0.289 e. The van der Waals surface area contributed by atoms with Crippen molar-refractivity contribution in [1.82, 2.24) is 0 Å². The van der Waals surface area contributed by atoms with Crippen LogP contribution in [0, 0.1) is 22.7 Å². The fraction of sp³-hybridized carbons (Fsp3) is 0.105. The first-order valence-electron chi connectivity index (χ1n) is 7.22. The second kappa shape index (κ2) is 8.01. The van der Waals surface area contributed by atoms with E-state index in [-0.39, 0.29) is 22.9 Å². The number of nitrogens with zero attached hydrogens (tertiary/aromatic N) is 2. The van der Waals surface area contributed by atoms with Gasteiger partial charge in [0.1, 0.15) is 33.4 Å². The van der Waals surface area contributed by atoms with Gasteiger partial charge in [-0.1, -0.05) is 52.7 Å². The highest BCUT2D eigenvalue weighted by atomic mass is 32.2. The van der Waals surface area contributed by atoms with Gasteiger partial charge in [0.2, 0.25) is 5.78 Å². The van der Waals surface area contributed by atoms with Crippen molar-refractivity contribution in [1.29, 1.82) is 10.5 Å². The van der Waals surface area contributed by atoms with Crippen molar-refractivity contribution in [2.45, 2.75) is 4.90 Å². The lowest BCUT2D eigenvalue weighted by atomic mass is 10.2. The molecule has 0 aliphatic rings. The van der Waals surface area contributed by atoms with Gasteiger partial charge < -0.3 is 0 Å². The van der Waals surface area contributed by atoms with E-state index >= 15 is 0 Å². The van der Waals surface area contributed by atoms with E-state index in [1.54, 1.807) is 72.8 Å². The maximum absolute atomic E-state index is 13.4. The Morgan fingerprint density at radius 2 is 1.50 bits per heavy atom. The Morgan fingerprint density at radius 1 is 0.958 bits per heavy atom. The summed E-state index contributed by atoms with van der Waals surface area (Å²) in [5, 5.41) is 17.7.